The van der Waals surface area contributed by atoms with Gasteiger partial charge in [0.05, 0.1) is 16.3 Å². The number of oxazole rings is 1. The van der Waals surface area contributed by atoms with Crippen LogP contribution in [0.3, 0.4) is 0 Å². The molecular formula is C14H12ClNO3. The average molecular weight is 278 g/mol. The second kappa shape index (κ2) is 4.38. The molecule has 0 aliphatic heterocycles. The monoisotopic (exact) mass is 277 g/mol. The van der Waals surface area contributed by atoms with Gasteiger partial charge in [0.25, 0.3) is 0 Å². The van der Waals surface area contributed by atoms with Gasteiger partial charge in [-0.15, -0.1) is 0 Å². The Bertz CT molecular complexity index is 659. The molecular weight excluding hydrogens is 266 g/mol. The van der Waals surface area contributed by atoms with E-state index in [1.54, 1.807) is 12.1 Å². The Balaban J connectivity index is 2.10. The van der Waals surface area contributed by atoms with Gasteiger partial charge in [0.15, 0.2) is 0 Å². The molecule has 5 heteroatoms. The largest absolute Gasteiger partial charge is 0.475 e. The summed E-state index contributed by atoms with van der Waals surface area (Å²) in [7, 11) is 0. The van der Waals surface area contributed by atoms with Gasteiger partial charge < -0.3 is 9.52 Å². The van der Waals surface area contributed by atoms with Crippen molar-refractivity contribution < 1.29 is 14.3 Å². The summed E-state index contributed by atoms with van der Waals surface area (Å²) in [6, 6.07) is 5.49. The number of aromatic carboxylic acids is 1. The van der Waals surface area contributed by atoms with E-state index in [-0.39, 0.29) is 17.6 Å². The standard InChI is InChI=1S/C14H12ClNO3/c1-7-2-5-9(10(15)6-7)13-16-11(8-3-4-8)12(19-13)14(17)18/h2,5-6,8H,3-4H2,1H3,(H,17,18). The van der Waals surface area contributed by atoms with Crippen molar-refractivity contribution in [3.63, 3.8) is 0 Å². The number of carbonyl (C=O) groups is 1. The first-order valence-electron chi connectivity index (χ1n) is 6.07. The Morgan fingerprint density at radius 3 is 2.79 bits per heavy atom. The van der Waals surface area contributed by atoms with Crippen molar-refractivity contribution in [2.75, 3.05) is 0 Å². The molecule has 1 fully saturated rings. The smallest absolute Gasteiger partial charge is 0.373 e. The van der Waals surface area contributed by atoms with Crippen molar-refractivity contribution >= 4 is 17.6 Å². The minimum absolute atomic E-state index is 0.0610. The second-order valence-electron chi connectivity index (χ2n) is 4.80. The highest BCUT2D eigenvalue weighted by molar-refractivity contribution is 6.33. The van der Waals surface area contributed by atoms with E-state index in [0.717, 1.165) is 18.4 Å². The summed E-state index contributed by atoms with van der Waals surface area (Å²) in [5.41, 5.74) is 2.20. The summed E-state index contributed by atoms with van der Waals surface area (Å²) in [5, 5.41) is 9.66. The molecule has 1 saturated carbocycles. The number of halogens is 1. The fourth-order valence-electron chi connectivity index (χ4n) is 2.03. The van der Waals surface area contributed by atoms with Crippen LogP contribution in [0.1, 0.15) is 40.6 Å². The zero-order valence-corrected chi connectivity index (χ0v) is 11.1. The minimum Gasteiger partial charge on any atom is -0.475 e. The van der Waals surface area contributed by atoms with E-state index in [1.807, 2.05) is 13.0 Å². The summed E-state index contributed by atoms with van der Waals surface area (Å²) < 4.78 is 5.39. The predicted octanol–water partition coefficient (Wildman–Crippen LogP) is 3.88. The van der Waals surface area contributed by atoms with Crippen LogP contribution in [0.5, 0.6) is 0 Å². The lowest BCUT2D eigenvalue weighted by Gasteiger charge is -2.00. The molecule has 4 nitrogen and oxygen atoms in total. The highest BCUT2D eigenvalue weighted by atomic mass is 35.5. The van der Waals surface area contributed by atoms with E-state index in [0.29, 0.717) is 16.3 Å². The quantitative estimate of drug-likeness (QED) is 0.925. The SMILES string of the molecule is Cc1ccc(-c2nc(C3CC3)c(C(=O)O)o2)c(Cl)c1. The van der Waals surface area contributed by atoms with Crippen molar-refractivity contribution in [2.24, 2.45) is 0 Å². The number of hydrogen-bond acceptors (Lipinski definition) is 3. The fourth-order valence-corrected chi connectivity index (χ4v) is 2.34. The van der Waals surface area contributed by atoms with Crippen molar-refractivity contribution in [2.45, 2.75) is 25.7 Å². The molecule has 19 heavy (non-hydrogen) atoms. The summed E-state index contributed by atoms with van der Waals surface area (Å²) in [6.07, 6.45) is 1.93. The second-order valence-corrected chi connectivity index (χ2v) is 5.20. The molecule has 0 atom stereocenters. The van der Waals surface area contributed by atoms with Crippen LogP contribution in [0.2, 0.25) is 5.02 Å². The molecule has 1 aromatic heterocycles. The van der Waals surface area contributed by atoms with Crippen LogP contribution in [0.25, 0.3) is 11.5 Å². The van der Waals surface area contributed by atoms with Crippen molar-refractivity contribution in [1.29, 1.82) is 0 Å². The molecule has 1 N–H and O–H groups in total. The Morgan fingerprint density at radius 1 is 1.47 bits per heavy atom. The van der Waals surface area contributed by atoms with Gasteiger partial charge in [-0.3, -0.25) is 0 Å². The van der Waals surface area contributed by atoms with Gasteiger partial charge in [-0.1, -0.05) is 17.7 Å². The van der Waals surface area contributed by atoms with Gasteiger partial charge in [-0.2, -0.15) is 0 Å². The summed E-state index contributed by atoms with van der Waals surface area (Å²) in [5.74, 6) is -0.643. The van der Waals surface area contributed by atoms with E-state index in [1.165, 1.54) is 0 Å². The number of carboxylic acid groups (broad SMARTS) is 1. The van der Waals surface area contributed by atoms with Crippen LogP contribution in [0.15, 0.2) is 22.6 Å². The molecule has 0 radical (unpaired) electrons. The minimum atomic E-state index is -1.08. The molecule has 1 aliphatic rings. The van der Waals surface area contributed by atoms with E-state index >= 15 is 0 Å². The van der Waals surface area contributed by atoms with Crippen LogP contribution in [0.4, 0.5) is 0 Å². The van der Waals surface area contributed by atoms with Crippen LogP contribution < -0.4 is 0 Å². The lowest BCUT2D eigenvalue weighted by molar-refractivity contribution is 0.0661. The average Bonchev–Trinajstić information content (AvgIpc) is 3.09. The molecule has 0 bridgehead atoms. The molecule has 1 heterocycles. The maximum Gasteiger partial charge on any atom is 0.373 e. The lowest BCUT2D eigenvalue weighted by atomic mass is 10.1. The lowest BCUT2D eigenvalue weighted by Crippen LogP contribution is -1.98. The molecule has 0 unspecified atom stereocenters. The first-order chi connectivity index (χ1) is 9.06. The van der Waals surface area contributed by atoms with Crippen LogP contribution in [0, 0.1) is 6.92 Å². The highest BCUT2D eigenvalue weighted by Crippen LogP contribution is 2.43. The van der Waals surface area contributed by atoms with Crippen LogP contribution >= 0.6 is 11.6 Å². The zero-order valence-electron chi connectivity index (χ0n) is 10.3. The number of aryl methyl sites for hydroxylation is 1. The Morgan fingerprint density at radius 2 is 2.21 bits per heavy atom. The van der Waals surface area contributed by atoms with Gasteiger partial charge in [0.2, 0.25) is 11.7 Å². The number of carboxylic acids is 1. The number of rotatable bonds is 3. The number of aromatic nitrogens is 1. The molecule has 98 valence electrons. The van der Waals surface area contributed by atoms with Crippen LogP contribution in [-0.2, 0) is 0 Å². The third-order valence-electron chi connectivity index (χ3n) is 3.17. The van der Waals surface area contributed by atoms with Crippen molar-refractivity contribution in [3.05, 3.63) is 40.2 Å². The summed E-state index contributed by atoms with van der Waals surface area (Å²) in [4.78, 5) is 15.5. The summed E-state index contributed by atoms with van der Waals surface area (Å²) in [6.45, 7) is 1.93. The van der Waals surface area contributed by atoms with Crippen molar-refractivity contribution in [1.82, 2.24) is 4.98 Å². The molecule has 1 aliphatic carbocycles. The maximum absolute atomic E-state index is 11.2. The van der Waals surface area contributed by atoms with Gasteiger partial charge >= 0.3 is 5.97 Å². The Kier molecular flexibility index (Phi) is 2.82. The van der Waals surface area contributed by atoms with E-state index in [2.05, 4.69) is 4.98 Å². The topological polar surface area (TPSA) is 63.3 Å². The van der Waals surface area contributed by atoms with Gasteiger partial charge in [-0.25, -0.2) is 9.78 Å². The molecule has 0 spiro atoms. The molecule has 3 rings (SSSR count). The van der Waals surface area contributed by atoms with E-state index in [4.69, 9.17) is 21.1 Å². The molecule has 0 amide bonds. The summed E-state index contributed by atoms with van der Waals surface area (Å²) >= 11 is 6.15. The van der Waals surface area contributed by atoms with Gasteiger partial charge in [0.1, 0.15) is 0 Å². The first kappa shape index (κ1) is 12.2. The zero-order chi connectivity index (χ0) is 13.6. The van der Waals surface area contributed by atoms with E-state index < -0.39 is 5.97 Å². The predicted molar refractivity (Wildman–Crippen MR) is 70.6 cm³/mol. The van der Waals surface area contributed by atoms with Crippen molar-refractivity contribution in [3.8, 4) is 11.5 Å². The number of nitrogens with zero attached hydrogens (tertiary/aromatic N) is 1. The van der Waals surface area contributed by atoms with Gasteiger partial charge in [-0.05, 0) is 37.5 Å². The van der Waals surface area contributed by atoms with E-state index in [9.17, 15) is 4.79 Å². The number of hydrogen-bond donors (Lipinski definition) is 1. The third kappa shape index (κ3) is 2.24. The Labute approximate surface area is 115 Å². The Hall–Kier alpha value is -1.81. The maximum atomic E-state index is 11.2. The highest BCUT2D eigenvalue weighted by Gasteiger charge is 2.33. The first-order valence-corrected chi connectivity index (χ1v) is 6.44. The van der Waals surface area contributed by atoms with Gasteiger partial charge in [0, 0.05) is 5.92 Å². The third-order valence-corrected chi connectivity index (χ3v) is 3.48. The molecule has 0 saturated heterocycles. The molecule has 2 aromatic rings. The molecule has 1 aromatic carbocycles. The fraction of sp³-hybridized carbons (Fsp3) is 0.286. The van der Waals surface area contributed by atoms with Crippen LogP contribution in [-0.4, -0.2) is 16.1 Å². The normalized spacial score (nSPS) is 14.6. The number of benzene rings is 1.